The fraction of sp³-hybridized carbons (Fsp3) is 0.206. The maximum Gasteiger partial charge on any atom is 0.270 e. The van der Waals surface area contributed by atoms with Crippen LogP contribution in [0.1, 0.15) is 46.5 Å². The first-order chi connectivity index (χ1) is 19.8. The monoisotopic (exact) mass is 544 g/mol. The van der Waals surface area contributed by atoms with E-state index < -0.39 is 0 Å². The van der Waals surface area contributed by atoms with Crippen LogP contribution in [0.25, 0.3) is 11.3 Å². The van der Waals surface area contributed by atoms with Crippen molar-refractivity contribution in [2.45, 2.75) is 33.4 Å². The number of nitrogens with zero attached hydrogens (tertiary/aromatic N) is 3. The number of rotatable bonds is 11. The number of carbonyl (C=O) groups excluding carboxylic acids is 1. The largest absolute Gasteiger partial charge is 0.384 e. The summed E-state index contributed by atoms with van der Waals surface area (Å²) < 4.78 is 1.91. The Bertz CT molecular complexity index is 1670. The number of fused-ring (bicyclic) bond motifs is 1. The van der Waals surface area contributed by atoms with Gasteiger partial charge in [0.1, 0.15) is 11.5 Å². The van der Waals surface area contributed by atoms with Crippen molar-refractivity contribution in [1.29, 1.82) is 0 Å². The van der Waals surface area contributed by atoms with Gasteiger partial charge in [-0.25, -0.2) is 9.97 Å². The van der Waals surface area contributed by atoms with Gasteiger partial charge >= 0.3 is 0 Å². The molecule has 0 bridgehead atoms. The zero-order valence-electron chi connectivity index (χ0n) is 23.7. The number of nitrogens with one attached hydrogen (secondary N) is 3. The molecule has 1 unspecified atom stereocenters. The number of amides is 1. The van der Waals surface area contributed by atoms with Gasteiger partial charge in [0.15, 0.2) is 5.65 Å². The Morgan fingerprint density at radius 3 is 2.68 bits per heavy atom. The van der Waals surface area contributed by atoms with Gasteiger partial charge in [-0.15, -0.1) is 0 Å². The summed E-state index contributed by atoms with van der Waals surface area (Å²) >= 11 is 0. The third-order valence-corrected chi connectivity index (χ3v) is 7.48. The van der Waals surface area contributed by atoms with Crippen LogP contribution >= 0.6 is 0 Å². The summed E-state index contributed by atoms with van der Waals surface area (Å²) in [6, 6.07) is 9.97. The summed E-state index contributed by atoms with van der Waals surface area (Å²) in [6.45, 7) is 17.9. The fourth-order valence-electron chi connectivity index (χ4n) is 4.85. The molecular weight excluding hydrogens is 508 g/mol. The van der Waals surface area contributed by atoms with E-state index in [2.05, 4.69) is 95.1 Å². The van der Waals surface area contributed by atoms with Crippen molar-refractivity contribution in [1.82, 2.24) is 30.3 Å². The second-order valence-electron chi connectivity index (χ2n) is 10.4. The van der Waals surface area contributed by atoms with Crippen LogP contribution in [0.5, 0.6) is 0 Å². The molecule has 1 atom stereocenters. The number of aromatic nitrogens is 3. The molecule has 0 saturated carbocycles. The molecular formula is C34H36N6O. The summed E-state index contributed by atoms with van der Waals surface area (Å²) in [4.78, 5) is 22.2. The molecule has 0 aliphatic heterocycles. The Balaban J connectivity index is 1.25. The number of imidazole rings is 1. The van der Waals surface area contributed by atoms with E-state index in [-0.39, 0.29) is 5.91 Å². The topological polar surface area (TPSA) is 83.4 Å². The van der Waals surface area contributed by atoms with E-state index in [1.165, 1.54) is 5.70 Å². The van der Waals surface area contributed by atoms with Crippen molar-refractivity contribution in [3.8, 4) is 0 Å². The number of benzene rings is 1. The smallest absolute Gasteiger partial charge is 0.270 e. The Labute approximate surface area is 241 Å². The number of hydrogen-bond acceptors (Lipinski definition) is 5. The zero-order valence-corrected chi connectivity index (χ0v) is 23.7. The van der Waals surface area contributed by atoms with Crippen LogP contribution in [-0.2, 0) is 13.1 Å². The van der Waals surface area contributed by atoms with Gasteiger partial charge in [-0.1, -0.05) is 81.3 Å². The molecule has 7 heteroatoms. The molecule has 2 heterocycles. The van der Waals surface area contributed by atoms with Crippen LogP contribution < -0.4 is 16.0 Å². The molecule has 7 nitrogen and oxygen atoms in total. The molecule has 0 radical (unpaired) electrons. The number of aryl methyl sites for hydroxylation is 1. The Kier molecular flexibility index (Phi) is 8.15. The number of allylic oxidation sites excluding steroid dienone is 7. The molecule has 3 aromatic rings. The molecule has 0 fully saturated rings. The fourth-order valence-corrected chi connectivity index (χ4v) is 4.85. The third kappa shape index (κ3) is 6.30. The van der Waals surface area contributed by atoms with Gasteiger partial charge < -0.3 is 16.0 Å². The average molecular weight is 545 g/mol. The lowest BCUT2D eigenvalue weighted by atomic mass is 9.87. The summed E-state index contributed by atoms with van der Waals surface area (Å²) in [5.74, 6) is 0.896. The van der Waals surface area contributed by atoms with Gasteiger partial charge in [0.05, 0.1) is 17.6 Å². The quantitative estimate of drug-likeness (QED) is 0.288. The molecule has 5 rings (SSSR count). The zero-order chi connectivity index (χ0) is 28.9. The highest BCUT2D eigenvalue weighted by Crippen LogP contribution is 2.29. The first-order valence-corrected chi connectivity index (χ1v) is 13.8. The molecule has 2 aromatic heterocycles. The van der Waals surface area contributed by atoms with E-state index in [0.29, 0.717) is 36.0 Å². The predicted molar refractivity (Wildman–Crippen MR) is 166 cm³/mol. The van der Waals surface area contributed by atoms with Crippen molar-refractivity contribution in [2.24, 2.45) is 5.92 Å². The molecule has 41 heavy (non-hydrogen) atoms. The maximum absolute atomic E-state index is 13.2. The van der Waals surface area contributed by atoms with Crippen LogP contribution in [0.2, 0.25) is 0 Å². The van der Waals surface area contributed by atoms with Crippen molar-refractivity contribution >= 4 is 17.3 Å². The highest BCUT2D eigenvalue weighted by molar-refractivity contribution is 5.93. The summed E-state index contributed by atoms with van der Waals surface area (Å²) in [5, 5.41) is 9.91. The van der Waals surface area contributed by atoms with Gasteiger partial charge in [-0.2, -0.15) is 0 Å². The van der Waals surface area contributed by atoms with Crippen LogP contribution in [0.15, 0.2) is 115 Å². The van der Waals surface area contributed by atoms with Crippen LogP contribution in [0.4, 0.5) is 0 Å². The minimum Gasteiger partial charge on any atom is -0.384 e. The standard InChI is InChI=1S/C34H36N6O/c1-6-26-9-7-10-27(14-13-26)18-35-24(4)32-17-31(39-33-21-36-25(5)40(32)33)34(41)38-20-29-12-8-11-28(16-29)19-37-30-15-22(2)23(30)3/h6,8-17,21,23,35,37H,1-2,4,7,18-20H2,3,5H3,(H,38,41). The number of hydrogen-bond donors (Lipinski definition) is 3. The lowest BCUT2D eigenvalue weighted by molar-refractivity contribution is 0.0946. The first-order valence-electron chi connectivity index (χ1n) is 13.8. The summed E-state index contributed by atoms with van der Waals surface area (Å²) in [6.07, 6.45) is 14.9. The van der Waals surface area contributed by atoms with Crippen LogP contribution in [-0.4, -0.2) is 26.8 Å². The van der Waals surface area contributed by atoms with Crippen LogP contribution in [0, 0.1) is 12.8 Å². The van der Waals surface area contributed by atoms with E-state index in [4.69, 9.17) is 0 Å². The highest BCUT2D eigenvalue weighted by Gasteiger charge is 2.20. The predicted octanol–water partition coefficient (Wildman–Crippen LogP) is 5.71. The molecule has 1 amide bonds. The van der Waals surface area contributed by atoms with Crippen molar-refractivity contribution in [3.63, 3.8) is 0 Å². The number of carbonyl (C=O) groups is 1. The first kappa shape index (κ1) is 27.6. The van der Waals surface area contributed by atoms with Crippen molar-refractivity contribution in [3.05, 3.63) is 143 Å². The molecule has 208 valence electrons. The van der Waals surface area contributed by atoms with Gasteiger partial charge in [0.2, 0.25) is 0 Å². The van der Waals surface area contributed by atoms with Gasteiger partial charge in [0.25, 0.3) is 5.91 Å². The third-order valence-electron chi connectivity index (χ3n) is 7.48. The minimum absolute atomic E-state index is 0.256. The Morgan fingerprint density at radius 1 is 1.12 bits per heavy atom. The average Bonchev–Trinajstić information content (AvgIpc) is 3.21. The van der Waals surface area contributed by atoms with Crippen molar-refractivity contribution < 1.29 is 4.79 Å². The molecule has 3 N–H and O–H groups in total. The normalized spacial score (nSPS) is 16.2. The summed E-state index contributed by atoms with van der Waals surface area (Å²) in [5.41, 5.74) is 9.11. The highest BCUT2D eigenvalue weighted by atomic mass is 16.1. The van der Waals surface area contributed by atoms with E-state index in [1.54, 1.807) is 12.3 Å². The maximum atomic E-state index is 13.2. The Hall–Kier alpha value is -4.91. The van der Waals surface area contributed by atoms with Crippen molar-refractivity contribution in [2.75, 3.05) is 6.54 Å². The second-order valence-corrected chi connectivity index (χ2v) is 10.4. The molecule has 1 aromatic carbocycles. The SMILES string of the molecule is C=CC1=CCC=C(CNC(=C)c2cc(C(=O)NCc3cccc(CNC4=CC(=C)C4C)c3)nc3cnc(C)n23)C=C1. The van der Waals surface area contributed by atoms with E-state index >= 15 is 0 Å². The molecule has 0 spiro atoms. The summed E-state index contributed by atoms with van der Waals surface area (Å²) in [7, 11) is 0. The van der Waals surface area contributed by atoms with Gasteiger partial charge in [0, 0.05) is 31.2 Å². The molecule has 2 aliphatic rings. The van der Waals surface area contributed by atoms with E-state index in [1.807, 2.05) is 29.5 Å². The molecule has 0 saturated heterocycles. The van der Waals surface area contributed by atoms with E-state index in [0.717, 1.165) is 52.3 Å². The second kappa shape index (κ2) is 12.1. The lowest BCUT2D eigenvalue weighted by Gasteiger charge is -2.27. The van der Waals surface area contributed by atoms with Gasteiger partial charge in [-0.05, 0) is 53.3 Å². The lowest BCUT2D eigenvalue weighted by Crippen LogP contribution is -2.26. The molecule has 2 aliphatic carbocycles. The Morgan fingerprint density at radius 2 is 1.93 bits per heavy atom. The minimum atomic E-state index is -0.256. The van der Waals surface area contributed by atoms with Gasteiger partial charge in [-0.3, -0.25) is 9.20 Å². The van der Waals surface area contributed by atoms with E-state index in [9.17, 15) is 4.79 Å². The van der Waals surface area contributed by atoms with Crippen LogP contribution in [0.3, 0.4) is 0 Å².